The molecule has 5 atom stereocenters. The molecule has 0 unspecified atom stereocenters. The van der Waals surface area contributed by atoms with Crippen molar-refractivity contribution in [3.05, 3.63) is 59.7 Å². The molecule has 1 saturated heterocycles. The summed E-state index contributed by atoms with van der Waals surface area (Å²) in [7, 11) is 1.50. The van der Waals surface area contributed by atoms with Crippen molar-refractivity contribution < 1.29 is 34.7 Å². The average molecular weight is 415 g/mol. The van der Waals surface area contributed by atoms with E-state index in [1.165, 1.54) is 11.9 Å². The summed E-state index contributed by atoms with van der Waals surface area (Å²) in [5.74, 6) is 0. The Hall–Kier alpha value is -2.49. The van der Waals surface area contributed by atoms with Crippen molar-refractivity contribution >= 4 is 6.09 Å². The largest absolute Gasteiger partial charge is 0.436 e. The number of aliphatic hydroxyl groups is 4. The number of aliphatic hydroxyl groups excluding tert-OH is 4. The van der Waals surface area contributed by atoms with E-state index in [1.54, 1.807) is 0 Å². The van der Waals surface area contributed by atoms with Crippen molar-refractivity contribution in [2.45, 2.75) is 36.6 Å². The van der Waals surface area contributed by atoms with Gasteiger partial charge in [0.1, 0.15) is 30.5 Å². The monoisotopic (exact) mass is 415 g/mol. The number of likely N-dealkylation sites (N-methyl/N-ethyl adjacent to an activating group) is 1. The lowest BCUT2D eigenvalue weighted by Crippen LogP contribution is -2.60. The Morgan fingerprint density at radius 2 is 1.47 bits per heavy atom. The highest BCUT2D eigenvalue weighted by Crippen LogP contribution is 2.45. The third-order valence-electron chi connectivity index (χ3n) is 5.75. The van der Waals surface area contributed by atoms with Gasteiger partial charge in [-0.25, -0.2) is 4.79 Å². The Labute approximate surface area is 173 Å². The molecule has 4 rings (SSSR count). The zero-order valence-corrected chi connectivity index (χ0v) is 16.5. The van der Waals surface area contributed by atoms with Gasteiger partial charge in [0.15, 0.2) is 6.10 Å². The van der Waals surface area contributed by atoms with Crippen LogP contribution in [0.15, 0.2) is 48.5 Å². The number of hydrogen-bond donors (Lipinski definition) is 4. The van der Waals surface area contributed by atoms with Gasteiger partial charge in [-0.3, -0.25) is 0 Å². The smallest absolute Gasteiger partial charge is 0.410 e. The lowest BCUT2D eigenvalue weighted by Gasteiger charge is -2.41. The van der Waals surface area contributed by atoms with Crippen LogP contribution in [0.4, 0.5) is 4.79 Å². The maximum Gasteiger partial charge on any atom is 0.410 e. The molecule has 0 aromatic heterocycles. The van der Waals surface area contributed by atoms with Crippen LogP contribution in [0.3, 0.4) is 0 Å². The molecule has 0 radical (unpaired) electrons. The van der Waals surface area contributed by atoms with E-state index in [9.17, 15) is 25.2 Å². The highest BCUT2D eigenvalue weighted by molar-refractivity contribution is 5.79. The van der Waals surface area contributed by atoms with Gasteiger partial charge < -0.3 is 34.8 Å². The van der Waals surface area contributed by atoms with Crippen LogP contribution in [0.25, 0.3) is 11.1 Å². The molecular weight excluding hydrogens is 390 g/mol. The fourth-order valence-electron chi connectivity index (χ4n) is 4.10. The second-order valence-corrected chi connectivity index (χ2v) is 7.69. The van der Waals surface area contributed by atoms with Gasteiger partial charge in [0.2, 0.25) is 0 Å². The summed E-state index contributed by atoms with van der Waals surface area (Å²) >= 11 is 0. The molecular formula is C22H25NO7. The van der Waals surface area contributed by atoms with E-state index >= 15 is 0 Å². The van der Waals surface area contributed by atoms with E-state index < -0.39 is 49.3 Å². The maximum atomic E-state index is 12.8. The minimum absolute atomic E-state index is 0.0870. The van der Waals surface area contributed by atoms with E-state index in [2.05, 4.69) is 0 Å². The topological polar surface area (TPSA) is 120 Å². The molecule has 2 aromatic rings. The molecule has 2 aliphatic rings. The third kappa shape index (κ3) is 3.57. The first kappa shape index (κ1) is 20.8. The van der Waals surface area contributed by atoms with E-state index in [0.717, 1.165) is 22.3 Å². The van der Waals surface area contributed by atoms with Crippen LogP contribution in [0.2, 0.25) is 0 Å². The predicted molar refractivity (Wildman–Crippen MR) is 107 cm³/mol. The zero-order chi connectivity index (χ0) is 21.4. The molecule has 2 aromatic carbocycles. The van der Waals surface area contributed by atoms with Crippen molar-refractivity contribution in [3.63, 3.8) is 0 Å². The molecule has 1 aliphatic carbocycles. The lowest BCUT2D eigenvalue weighted by molar-refractivity contribution is -0.230. The molecule has 4 N–H and O–H groups in total. The molecule has 1 fully saturated rings. The van der Waals surface area contributed by atoms with Gasteiger partial charge in [-0.15, -0.1) is 0 Å². The van der Waals surface area contributed by atoms with Crippen molar-refractivity contribution in [2.75, 3.05) is 20.2 Å². The maximum absolute atomic E-state index is 12.8. The number of fused-ring (bicyclic) bond motifs is 3. The van der Waals surface area contributed by atoms with Gasteiger partial charge in [-0.2, -0.15) is 0 Å². The van der Waals surface area contributed by atoms with Gasteiger partial charge >= 0.3 is 6.09 Å². The molecule has 160 valence electrons. The van der Waals surface area contributed by atoms with Crippen LogP contribution in [0.1, 0.15) is 17.2 Å². The second-order valence-electron chi connectivity index (χ2n) is 7.69. The summed E-state index contributed by atoms with van der Waals surface area (Å²) in [6.45, 7) is -0.610. The van der Waals surface area contributed by atoms with Crippen molar-refractivity contribution in [2.24, 2.45) is 0 Å². The van der Waals surface area contributed by atoms with Crippen LogP contribution >= 0.6 is 0 Å². The number of carbonyl (C=O) groups excluding carboxylic acids is 1. The number of hydrogen-bond acceptors (Lipinski definition) is 7. The number of ether oxygens (including phenoxy) is 2. The molecule has 30 heavy (non-hydrogen) atoms. The van der Waals surface area contributed by atoms with Gasteiger partial charge in [-0.1, -0.05) is 48.5 Å². The summed E-state index contributed by atoms with van der Waals surface area (Å²) in [6, 6.07) is 15.5. The third-order valence-corrected chi connectivity index (χ3v) is 5.75. The Morgan fingerprint density at radius 3 is 2.03 bits per heavy atom. The van der Waals surface area contributed by atoms with Crippen molar-refractivity contribution in [1.82, 2.24) is 4.90 Å². The number of rotatable bonds is 4. The summed E-state index contributed by atoms with van der Waals surface area (Å²) < 4.78 is 11.3. The van der Waals surface area contributed by atoms with Gasteiger partial charge in [0.05, 0.1) is 13.2 Å². The molecule has 0 saturated carbocycles. The fourth-order valence-corrected chi connectivity index (χ4v) is 4.10. The average Bonchev–Trinajstić information content (AvgIpc) is 3.08. The number of carbonyl (C=O) groups is 1. The second kappa shape index (κ2) is 8.33. The first-order valence-corrected chi connectivity index (χ1v) is 9.83. The van der Waals surface area contributed by atoms with Gasteiger partial charge in [0, 0.05) is 18.2 Å². The molecule has 8 heteroatoms. The predicted octanol–water partition coefficient (Wildman–Crippen LogP) is 0.667. The molecule has 1 heterocycles. The summed E-state index contributed by atoms with van der Waals surface area (Å²) in [6.07, 6.45) is -7.52. The minimum Gasteiger partial charge on any atom is -0.436 e. The number of benzene rings is 2. The van der Waals surface area contributed by atoms with E-state index in [1.807, 2.05) is 48.5 Å². The fraction of sp³-hybridized carbons (Fsp3) is 0.409. The lowest BCUT2D eigenvalue weighted by atomic mass is 9.95. The first-order chi connectivity index (χ1) is 14.4. The van der Waals surface area contributed by atoms with Gasteiger partial charge in [0.25, 0.3) is 0 Å². The van der Waals surface area contributed by atoms with Crippen LogP contribution in [0, 0.1) is 0 Å². The Morgan fingerprint density at radius 1 is 0.933 bits per heavy atom. The van der Waals surface area contributed by atoms with Crippen molar-refractivity contribution in [3.8, 4) is 11.1 Å². The van der Waals surface area contributed by atoms with Crippen LogP contribution in [-0.4, -0.2) is 82.1 Å². The molecule has 0 spiro atoms. The molecule has 1 amide bonds. The standard InChI is InChI=1S/C22H25NO7/c1-23(10-16-18(25)20(27)19(26)17(11-24)29-16)22(28)30-21-14-8-4-2-6-12(14)13-7-3-5-9-15(13)21/h2-9,16-21,24-27H,10-11H2,1H3/t16-,17+,18-,19-,20+/m0/s1. The minimum atomic E-state index is -1.49. The van der Waals surface area contributed by atoms with Gasteiger partial charge in [-0.05, 0) is 11.1 Å². The van der Waals surface area contributed by atoms with Crippen LogP contribution < -0.4 is 0 Å². The Balaban J connectivity index is 1.48. The highest BCUT2D eigenvalue weighted by atomic mass is 16.6. The molecule has 0 bridgehead atoms. The molecule has 1 aliphatic heterocycles. The summed E-state index contributed by atoms with van der Waals surface area (Å²) in [5.41, 5.74) is 3.83. The first-order valence-electron chi connectivity index (χ1n) is 9.83. The Kier molecular flexibility index (Phi) is 5.77. The zero-order valence-electron chi connectivity index (χ0n) is 16.5. The normalized spacial score (nSPS) is 28.0. The highest BCUT2D eigenvalue weighted by Gasteiger charge is 2.44. The van der Waals surface area contributed by atoms with Crippen LogP contribution in [0.5, 0.6) is 0 Å². The van der Waals surface area contributed by atoms with E-state index in [0.29, 0.717) is 0 Å². The quantitative estimate of drug-likeness (QED) is 0.579. The summed E-state index contributed by atoms with van der Waals surface area (Å²) in [4.78, 5) is 14.0. The summed E-state index contributed by atoms with van der Waals surface area (Å²) in [5, 5.41) is 39.4. The molecule has 8 nitrogen and oxygen atoms in total. The SMILES string of the molecule is CN(C[C@@H]1O[C@H](CO)[C@H](O)[C@H](O)[C@H]1O)C(=O)OC1c2ccccc2-c2ccccc21. The van der Waals surface area contributed by atoms with Crippen LogP contribution in [-0.2, 0) is 9.47 Å². The van der Waals surface area contributed by atoms with E-state index in [-0.39, 0.29) is 6.54 Å². The Bertz CT molecular complexity index is 872. The van der Waals surface area contributed by atoms with E-state index in [4.69, 9.17) is 9.47 Å². The number of nitrogens with zero attached hydrogens (tertiary/aromatic N) is 1. The van der Waals surface area contributed by atoms with Crippen molar-refractivity contribution in [1.29, 1.82) is 0 Å². The number of amides is 1.